The van der Waals surface area contributed by atoms with Crippen molar-refractivity contribution in [3.8, 4) is 11.3 Å². The lowest BCUT2D eigenvalue weighted by molar-refractivity contribution is 0.102. The summed E-state index contributed by atoms with van der Waals surface area (Å²) in [4.78, 5) is 31.2. The zero-order valence-electron chi connectivity index (χ0n) is 22.8. The molecule has 1 aliphatic heterocycles. The lowest BCUT2D eigenvalue weighted by atomic mass is 10.1. The quantitative estimate of drug-likeness (QED) is 0.326. The van der Waals surface area contributed by atoms with Gasteiger partial charge in [-0.3, -0.25) is 14.7 Å². The minimum atomic E-state index is -0.141. The van der Waals surface area contributed by atoms with E-state index in [-0.39, 0.29) is 5.91 Å². The number of benzene rings is 2. The molecule has 1 saturated heterocycles. The number of nitrogens with zero attached hydrogens (tertiary/aromatic N) is 5. The first-order chi connectivity index (χ1) is 19.0. The molecule has 0 unspecified atom stereocenters. The Bertz CT molecular complexity index is 1430. The fraction of sp³-hybridized carbons (Fsp3) is 0.290. The Morgan fingerprint density at radius 1 is 0.923 bits per heavy atom. The van der Waals surface area contributed by atoms with Crippen LogP contribution in [0, 0.1) is 13.8 Å². The second kappa shape index (κ2) is 12.1. The van der Waals surface area contributed by atoms with E-state index in [0.29, 0.717) is 17.2 Å². The summed E-state index contributed by atoms with van der Waals surface area (Å²) < 4.78 is 0. The van der Waals surface area contributed by atoms with Crippen molar-refractivity contribution in [3.63, 3.8) is 0 Å². The lowest BCUT2D eigenvalue weighted by Crippen LogP contribution is -2.45. The highest BCUT2D eigenvalue weighted by Crippen LogP contribution is 2.25. The molecule has 39 heavy (non-hydrogen) atoms. The van der Waals surface area contributed by atoms with E-state index in [1.165, 1.54) is 5.56 Å². The molecule has 1 fully saturated rings. The van der Waals surface area contributed by atoms with Gasteiger partial charge in [0.25, 0.3) is 5.91 Å². The molecule has 1 amide bonds. The number of aryl methyl sites for hydroxylation is 2. The smallest absolute Gasteiger partial charge is 0.255 e. The summed E-state index contributed by atoms with van der Waals surface area (Å²) in [6.45, 7) is 12.6. The van der Waals surface area contributed by atoms with Gasteiger partial charge in [-0.25, -0.2) is 9.97 Å². The third-order valence-electron chi connectivity index (χ3n) is 7.10. The van der Waals surface area contributed by atoms with E-state index in [2.05, 4.69) is 54.4 Å². The molecule has 0 atom stereocenters. The molecule has 0 aliphatic carbocycles. The number of nitrogens with one attached hydrogen (secondary N) is 2. The predicted octanol–water partition coefficient (Wildman–Crippen LogP) is 5.29. The summed E-state index contributed by atoms with van der Waals surface area (Å²) in [5.41, 5.74) is 7.19. The van der Waals surface area contributed by atoms with Gasteiger partial charge in [0.05, 0.1) is 5.69 Å². The number of aromatic nitrogens is 3. The molecule has 0 bridgehead atoms. The van der Waals surface area contributed by atoms with E-state index in [1.807, 2.05) is 62.5 Å². The zero-order chi connectivity index (χ0) is 27.2. The van der Waals surface area contributed by atoms with Crippen LogP contribution in [0.5, 0.6) is 0 Å². The second-order valence-corrected chi connectivity index (χ2v) is 10.0. The Morgan fingerprint density at radius 2 is 1.69 bits per heavy atom. The van der Waals surface area contributed by atoms with Gasteiger partial charge in [0, 0.05) is 73.8 Å². The van der Waals surface area contributed by atoms with Gasteiger partial charge in [0.1, 0.15) is 0 Å². The Balaban J connectivity index is 1.22. The summed E-state index contributed by atoms with van der Waals surface area (Å²) in [5, 5.41) is 6.32. The van der Waals surface area contributed by atoms with Crippen molar-refractivity contribution in [2.45, 2.75) is 27.3 Å². The number of carbonyl (C=O) groups excluding carboxylic acids is 1. The molecule has 0 saturated carbocycles. The molecule has 0 radical (unpaired) electrons. The van der Waals surface area contributed by atoms with Crippen LogP contribution in [0.25, 0.3) is 11.3 Å². The van der Waals surface area contributed by atoms with Gasteiger partial charge in [-0.2, -0.15) is 0 Å². The van der Waals surface area contributed by atoms with Gasteiger partial charge in [0.15, 0.2) is 0 Å². The Labute approximate surface area is 230 Å². The third kappa shape index (κ3) is 6.85. The van der Waals surface area contributed by atoms with Crippen LogP contribution in [0.15, 0.2) is 73.2 Å². The summed E-state index contributed by atoms with van der Waals surface area (Å²) in [7, 11) is 0. The van der Waals surface area contributed by atoms with E-state index < -0.39 is 0 Å². The van der Waals surface area contributed by atoms with E-state index in [9.17, 15) is 4.79 Å². The van der Waals surface area contributed by atoms with Crippen LogP contribution in [0.4, 0.5) is 17.3 Å². The predicted molar refractivity (Wildman–Crippen MR) is 156 cm³/mol. The molecule has 4 aromatic rings. The summed E-state index contributed by atoms with van der Waals surface area (Å²) in [6, 6.07) is 17.6. The third-order valence-corrected chi connectivity index (χ3v) is 7.10. The van der Waals surface area contributed by atoms with Crippen LogP contribution >= 0.6 is 0 Å². The van der Waals surface area contributed by atoms with Crippen molar-refractivity contribution < 1.29 is 4.79 Å². The van der Waals surface area contributed by atoms with Crippen molar-refractivity contribution in [3.05, 3.63) is 95.4 Å². The number of pyridine rings is 1. The van der Waals surface area contributed by atoms with Crippen molar-refractivity contribution in [2.24, 2.45) is 0 Å². The molecule has 3 heterocycles. The highest BCUT2D eigenvalue weighted by molar-refractivity contribution is 6.04. The molecule has 5 rings (SSSR count). The number of anilines is 3. The average Bonchev–Trinajstić information content (AvgIpc) is 2.96. The van der Waals surface area contributed by atoms with Crippen LogP contribution < -0.4 is 10.6 Å². The maximum absolute atomic E-state index is 13.0. The molecule has 0 spiro atoms. The SMILES string of the molecule is CCN1CCN(Cc2ccc(C(=O)Nc3ccc(C)c(Nc4nccc(-c5cncc(C)c5)n4)c3)cc2)CC1. The fourth-order valence-corrected chi connectivity index (χ4v) is 4.72. The van der Waals surface area contributed by atoms with Gasteiger partial charge in [-0.1, -0.05) is 25.1 Å². The Hall–Kier alpha value is -4.14. The van der Waals surface area contributed by atoms with Crippen molar-refractivity contribution in [1.82, 2.24) is 24.8 Å². The molecule has 2 N–H and O–H groups in total. The summed E-state index contributed by atoms with van der Waals surface area (Å²) in [6.07, 6.45) is 5.33. The average molecular weight is 522 g/mol. The minimum absolute atomic E-state index is 0.141. The first-order valence-corrected chi connectivity index (χ1v) is 13.4. The standard InChI is InChI=1S/C31H35N7O/c1-4-37-13-15-38(16-14-37)21-24-6-8-25(9-7-24)30(39)34-27-10-5-23(3)29(18-27)36-31-33-12-11-28(35-31)26-17-22(2)19-32-20-26/h5-12,17-20H,4,13-16,21H2,1-3H3,(H,34,39)(H,33,35,36). The molecular formula is C31H35N7O. The van der Waals surface area contributed by atoms with Crippen LogP contribution in [0.2, 0.25) is 0 Å². The first-order valence-electron chi connectivity index (χ1n) is 13.4. The number of carbonyl (C=O) groups is 1. The maximum Gasteiger partial charge on any atom is 0.255 e. The van der Waals surface area contributed by atoms with E-state index in [1.54, 1.807) is 12.4 Å². The van der Waals surface area contributed by atoms with Crippen LogP contribution in [-0.4, -0.2) is 63.4 Å². The van der Waals surface area contributed by atoms with Gasteiger partial charge >= 0.3 is 0 Å². The van der Waals surface area contributed by atoms with Gasteiger partial charge in [-0.05, 0) is 73.5 Å². The fourth-order valence-electron chi connectivity index (χ4n) is 4.72. The molecule has 8 heteroatoms. The summed E-state index contributed by atoms with van der Waals surface area (Å²) in [5.74, 6) is 0.338. The second-order valence-electron chi connectivity index (χ2n) is 10.0. The largest absolute Gasteiger partial charge is 0.324 e. The zero-order valence-corrected chi connectivity index (χ0v) is 22.8. The maximum atomic E-state index is 13.0. The number of hydrogen-bond donors (Lipinski definition) is 2. The van der Waals surface area contributed by atoms with Gasteiger partial charge in [0.2, 0.25) is 5.95 Å². The van der Waals surface area contributed by atoms with E-state index in [4.69, 9.17) is 0 Å². The molecule has 8 nitrogen and oxygen atoms in total. The number of rotatable bonds is 8. The van der Waals surface area contributed by atoms with Crippen molar-refractivity contribution >= 4 is 23.2 Å². The lowest BCUT2D eigenvalue weighted by Gasteiger charge is -2.34. The van der Waals surface area contributed by atoms with Gasteiger partial charge < -0.3 is 15.5 Å². The Morgan fingerprint density at radius 3 is 2.44 bits per heavy atom. The number of amides is 1. The monoisotopic (exact) mass is 521 g/mol. The topological polar surface area (TPSA) is 86.3 Å². The summed E-state index contributed by atoms with van der Waals surface area (Å²) >= 11 is 0. The number of hydrogen-bond acceptors (Lipinski definition) is 7. The molecule has 200 valence electrons. The van der Waals surface area contributed by atoms with Crippen LogP contribution in [0.3, 0.4) is 0 Å². The van der Waals surface area contributed by atoms with Gasteiger partial charge in [-0.15, -0.1) is 0 Å². The minimum Gasteiger partial charge on any atom is -0.324 e. The highest BCUT2D eigenvalue weighted by Gasteiger charge is 2.16. The van der Waals surface area contributed by atoms with Crippen LogP contribution in [-0.2, 0) is 6.54 Å². The molecular weight excluding hydrogens is 486 g/mol. The molecule has 2 aromatic carbocycles. The first kappa shape index (κ1) is 26.5. The van der Waals surface area contributed by atoms with Crippen molar-refractivity contribution in [1.29, 1.82) is 0 Å². The number of likely N-dealkylation sites (N-methyl/N-ethyl adjacent to an activating group) is 1. The normalized spacial score (nSPS) is 14.2. The van der Waals surface area contributed by atoms with Crippen LogP contribution in [0.1, 0.15) is 34.0 Å². The highest BCUT2D eigenvalue weighted by atomic mass is 16.1. The molecule has 2 aromatic heterocycles. The molecule has 1 aliphatic rings. The number of piperazine rings is 1. The van der Waals surface area contributed by atoms with Crippen molar-refractivity contribution in [2.75, 3.05) is 43.4 Å². The Kier molecular flexibility index (Phi) is 8.24. The van der Waals surface area contributed by atoms with E-state index in [0.717, 1.165) is 67.3 Å². The van der Waals surface area contributed by atoms with E-state index >= 15 is 0 Å².